The van der Waals surface area contributed by atoms with Crippen molar-refractivity contribution in [1.29, 1.82) is 0 Å². The summed E-state index contributed by atoms with van der Waals surface area (Å²) in [4.78, 5) is 8.36. The van der Waals surface area contributed by atoms with Gasteiger partial charge in [0.2, 0.25) is 0 Å². The fourth-order valence-corrected chi connectivity index (χ4v) is 1.72. The van der Waals surface area contributed by atoms with Crippen molar-refractivity contribution < 1.29 is 0 Å². The summed E-state index contributed by atoms with van der Waals surface area (Å²) >= 11 is 0. The zero-order valence-corrected chi connectivity index (χ0v) is 9.49. The van der Waals surface area contributed by atoms with Crippen molar-refractivity contribution in [3.63, 3.8) is 0 Å². The molecular weight excluding hydrogens is 200 g/mol. The summed E-state index contributed by atoms with van der Waals surface area (Å²) in [5.41, 5.74) is 3.89. The van der Waals surface area contributed by atoms with Crippen LogP contribution in [0.15, 0.2) is 23.2 Å². The molecule has 0 saturated heterocycles. The fraction of sp³-hybridized carbons (Fsp3) is 0.250. The molecule has 2 rings (SSSR count). The first kappa shape index (κ1) is 10.5. The van der Waals surface area contributed by atoms with Gasteiger partial charge < -0.3 is 0 Å². The maximum Gasteiger partial charge on any atom is 0.176 e. The molecule has 0 aliphatic carbocycles. The molecule has 0 unspecified atom stereocenters. The quantitative estimate of drug-likeness (QED) is 0.798. The predicted molar refractivity (Wildman–Crippen MR) is 65.1 cm³/mol. The average Bonchev–Trinajstić information content (AvgIpc) is 2.71. The molecule has 0 radical (unpaired) electrons. The highest BCUT2D eigenvalue weighted by Crippen LogP contribution is 2.27. The largest absolute Gasteiger partial charge is 0.274 e. The van der Waals surface area contributed by atoms with E-state index in [4.69, 9.17) is 0 Å². The first-order valence-electron chi connectivity index (χ1n) is 5.24. The van der Waals surface area contributed by atoms with Crippen LogP contribution < -0.4 is 0 Å². The molecule has 0 aliphatic heterocycles. The lowest BCUT2D eigenvalue weighted by Gasteiger charge is -2.01. The molecule has 0 spiro atoms. The second-order valence-corrected chi connectivity index (χ2v) is 3.58. The van der Waals surface area contributed by atoms with Crippen molar-refractivity contribution in [2.24, 2.45) is 4.99 Å². The Morgan fingerprint density at radius 1 is 1.44 bits per heavy atom. The Hall–Kier alpha value is -1.97. The average molecular weight is 214 g/mol. The van der Waals surface area contributed by atoms with E-state index in [0.717, 1.165) is 29.1 Å². The highest BCUT2D eigenvalue weighted by molar-refractivity contribution is 5.65. The molecule has 0 bridgehead atoms. The first-order chi connectivity index (χ1) is 7.76. The van der Waals surface area contributed by atoms with Crippen LogP contribution in [0.5, 0.6) is 0 Å². The van der Waals surface area contributed by atoms with Crippen LogP contribution in [0.1, 0.15) is 18.2 Å². The van der Waals surface area contributed by atoms with Crippen LogP contribution in [0.2, 0.25) is 0 Å². The summed E-state index contributed by atoms with van der Waals surface area (Å²) in [6.45, 7) is 7.55. The number of rotatable bonds is 3. The van der Waals surface area contributed by atoms with Gasteiger partial charge in [0.15, 0.2) is 5.82 Å². The maximum atomic E-state index is 4.47. The molecule has 0 aromatic carbocycles. The fourth-order valence-electron chi connectivity index (χ4n) is 1.72. The summed E-state index contributed by atoms with van der Waals surface area (Å²) in [6, 6.07) is 5.92. The normalized spacial score (nSPS) is 10.4. The molecule has 2 aromatic rings. The van der Waals surface area contributed by atoms with Gasteiger partial charge in [0.1, 0.15) is 0 Å². The van der Waals surface area contributed by atoms with Crippen LogP contribution in [0.3, 0.4) is 0 Å². The van der Waals surface area contributed by atoms with E-state index in [1.807, 2.05) is 25.1 Å². The summed E-state index contributed by atoms with van der Waals surface area (Å²) in [5.74, 6) is 0.667. The van der Waals surface area contributed by atoms with Crippen LogP contribution in [-0.4, -0.2) is 21.9 Å². The Kier molecular flexibility index (Phi) is 2.81. The van der Waals surface area contributed by atoms with Gasteiger partial charge in [0.05, 0.1) is 11.4 Å². The number of H-pyrrole nitrogens is 1. The van der Waals surface area contributed by atoms with E-state index in [1.54, 1.807) is 0 Å². The molecule has 4 heteroatoms. The molecule has 1 N–H and O–H groups in total. The van der Waals surface area contributed by atoms with Crippen molar-refractivity contribution in [1.82, 2.24) is 15.2 Å². The maximum absolute atomic E-state index is 4.47. The third kappa shape index (κ3) is 1.74. The van der Waals surface area contributed by atoms with E-state index in [2.05, 4.69) is 33.8 Å². The molecule has 0 amide bonds. The number of nitrogens with one attached hydrogen (secondary N) is 1. The van der Waals surface area contributed by atoms with Gasteiger partial charge in [-0.25, -0.2) is 4.99 Å². The van der Waals surface area contributed by atoms with Crippen molar-refractivity contribution in [3.05, 3.63) is 29.5 Å². The van der Waals surface area contributed by atoms with Gasteiger partial charge in [-0.05, 0) is 32.2 Å². The van der Waals surface area contributed by atoms with Gasteiger partial charge in [-0.3, -0.25) is 10.1 Å². The van der Waals surface area contributed by atoms with Crippen molar-refractivity contribution in [3.8, 4) is 11.4 Å². The number of pyridine rings is 1. The highest BCUT2D eigenvalue weighted by atomic mass is 15.2. The van der Waals surface area contributed by atoms with Crippen LogP contribution >= 0.6 is 0 Å². The summed E-state index contributed by atoms with van der Waals surface area (Å²) in [5, 5.41) is 7.09. The minimum absolute atomic E-state index is 0.667. The molecule has 0 saturated carbocycles. The third-order valence-corrected chi connectivity index (χ3v) is 2.49. The minimum Gasteiger partial charge on any atom is -0.274 e. The lowest BCUT2D eigenvalue weighted by atomic mass is 10.1. The smallest absolute Gasteiger partial charge is 0.176 e. The topological polar surface area (TPSA) is 53.9 Å². The summed E-state index contributed by atoms with van der Waals surface area (Å²) in [7, 11) is 0. The Labute approximate surface area is 94.5 Å². The number of aromatic amines is 1. The van der Waals surface area contributed by atoms with Crippen LogP contribution in [-0.2, 0) is 6.42 Å². The molecule has 16 heavy (non-hydrogen) atoms. The molecule has 2 aromatic heterocycles. The lowest BCUT2D eigenvalue weighted by molar-refractivity contribution is 1.07. The van der Waals surface area contributed by atoms with Gasteiger partial charge in [-0.2, -0.15) is 5.10 Å². The molecule has 0 aliphatic rings. The Balaban J connectivity index is 2.55. The SMILES string of the molecule is C=Nc1n[nH]c(-c2cccc(C)n2)c1CC. The van der Waals surface area contributed by atoms with Crippen molar-refractivity contribution in [2.75, 3.05) is 0 Å². The van der Waals surface area contributed by atoms with Crippen LogP contribution in [0.25, 0.3) is 11.4 Å². The monoisotopic (exact) mass is 214 g/mol. The van der Waals surface area contributed by atoms with E-state index in [9.17, 15) is 0 Å². The molecule has 4 nitrogen and oxygen atoms in total. The van der Waals surface area contributed by atoms with E-state index in [-0.39, 0.29) is 0 Å². The van der Waals surface area contributed by atoms with Crippen molar-refractivity contribution in [2.45, 2.75) is 20.3 Å². The second kappa shape index (κ2) is 4.26. The third-order valence-electron chi connectivity index (χ3n) is 2.49. The first-order valence-corrected chi connectivity index (χ1v) is 5.24. The van der Waals surface area contributed by atoms with Gasteiger partial charge in [-0.1, -0.05) is 13.0 Å². The van der Waals surface area contributed by atoms with Gasteiger partial charge >= 0.3 is 0 Å². The van der Waals surface area contributed by atoms with E-state index < -0.39 is 0 Å². The number of hydrogen-bond acceptors (Lipinski definition) is 3. The zero-order valence-electron chi connectivity index (χ0n) is 9.49. The van der Waals surface area contributed by atoms with E-state index >= 15 is 0 Å². The van der Waals surface area contributed by atoms with E-state index in [1.165, 1.54) is 0 Å². The number of aliphatic imine (C=N–C) groups is 1. The van der Waals surface area contributed by atoms with Gasteiger partial charge in [0, 0.05) is 11.3 Å². The summed E-state index contributed by atoms with van der Waals surface area (Å²) < 4.78 is 0. The number of aryl methyl sites for hydroxylation is 1. The zero-order chi connectivity index (χ0) is 11.5. The molecule has 0 atom stereocenters. The number of nitrogens with zero attached hydrogens (tertiary/aromatic N) is 3. The lowest BCUT2D eigenvalue weighted by Crippen LogP contribution is -1.90. The van der Waals surface area contributed by atoms with E-state index in [0.29, 0.717) is 5.82 Å². The highest BCUT2D eigenvalue weighted by Gasteiger charge is 2.12. The minimum atomic E-state index is 0.667. The van der Waals surface area contributed by atoms with Gasteiger partial charge in [0.25, 0.3) is 0 Å². The van der Waals surface area contributed by atoms with Crippen LogP contribution in [0.4, 0.5) is 5.82 Å². The molecule has 2 heterocycles. The second-order valence-electron chi connectivity index (χ2n) is 3.58. The standard InChI is InChI=1S/C12H14N4/c1-4-9-11(15-16-12(9)13-3)10-7-5-6-8(2)14-10/h5-7H,3-4H2,1-2H3,(H,15,16). The Morgan fingerprint density at radius 2 is 2.25 bits per heavy atom. The van der Waals surface area contributed by atoms with Crippen molar-refractivity contribution >= 4 is 12.5 Å². The molecular formula is C12H14N4. The Bertz CT molecular complexity index is 513. The number of aromatic nitrogens is 3. The number of hydrogen-bond donors (Lipinski definition) is 1. The Morgan fingerprint density at radius 3 is 2.88 bits per heavy atom. The van der Waals surface area contributed by atoms with Crippen LogP contribution in [0, 0.1) is 6.92 Å². The molecule has 0 fully saturated rings. The van der Waals surface area contributed by atoms with Gasteiger partial charge in [-0.15, -0.1) is 0 Å². The summed E-state index contributed by atoms with van der Waals surface area (Å²) in [6.07, 6.45) is 0.857. The molecule has 82 valence electrons. The predicted octanol–water partition coefficient (Wildman–Crippen LogP) is 2.67.